The van der Waals surface area contributed by atoms with Crippen molar-refractivity contribution in [1.82, 2.24) is 9.71 Å². The van der Waals surface area contributed by atoms with Gasteiger partial charge in [-0.2, -0.15) is 0 Å². The van der Waals surface area contributed by atoms with Gasteiger partial charge in [-0.25, -0.2) is 18.1 Å². The van der Waals surface area contributed by atoms with Crippen LogP contribution < -0.4 is 4.72 Å². The molecular weight excluding hydrogens is 272 g/mol. The second-order valence-corrected chi connectivity index (χ2v) is 7.38. The highest BCUT2D eigenvalue weighted by atomic mass is 35.5. The Morgan fingerprint density at radius 1 is 1.62 bits per heavy atom. The summed E-state index contributed by atoms with van der Waals surface area (Å²) in [7, 11) is -2.06. The standard InChI is InChI=1S/C8H13ClN2O3S2/c1-8(2,5-14-3)11-16(12,13)6-4-10-7(9)15-6/h4,11H,5H2,1-3H3. The van der Waals surface area contributed by atoms with Crippen molar-refractivity contribution < 1.29 is 13.2 Å². The Morgan fingerprint density at radius 3 is 2.69 bits per heavy atom. The molecule has 8 heteroatoms. The first kappa shape index (κ1) is 13.9. The molecule has 0 bridgehead atoms. The van der Waals surface area contributed by atoms with E-state index in [1.807, 2.05) is 0 Å². The summed E-state index contributed by atoms with van der Waals surface area (Å²) in [6, 6.07) is 0. The molecule has 0 saturated heterocycles. The quantitative estimate of drug-likeness (QED) is 0.890. The van der Waals surface area contributed by atoms with Crippen molar-refractivity contribution >= 4 is 33.0 Å². The zero-order chi connectivity index (χ0) is 12.4. The van der Waals surface area contributed by atoms with Crippen LogP contribution in [-0.2, 0) is 14.8 Å². The number of hydrogen-bond donors (Lipinski definition) is 1. The van der Waals surface area contributed by atoms with Gasteiger partial charge in [0.2, 0.25) is 0 Å². The van der Waals surface area contributed by atoms with E-state index in [9.17, 15) is 8.42 Å². The molecule has 0 aromatic carbocycles. The second-order valence-electron chi connectivity index (χ2n) is 3.85. The Hall–Kier alpha value is -0.210. The van der Waals surface area contributed by atoms with Crippen molar-refractivity contribution in [1.29, 1.82) is 0 Å². The lowest BCUT2D eigenvalue weighted by Crippen LogP contribution is -2.46. The number of nitrogens with one attached hydrogen (secondary N) is 1. The van der Waals surface area contributed by atoms with Crippen LogP contribution in [0.1, 0.15) is 13.8 Å². The number of methoxy groups -OCH3 is 1. The summed E-state index contributed by atoms with van der Waals surface area (Å²) in [4.78, 5) is 3.69. The van der Waals surface area contributed by atoms with Gasteiger partial charge in [0, 0.05) is 7.11 Å². The molecule has 1 heterocycles. The van der Waals surface area contributed by atoms with Gasteiger partial charge in [0.25, 0.3) is 10.0 Å². The number of thiazole rings is 1. The predicted octanol–water partition coefficient (Wildman–Crippen LogP) is 1.50. The van der Waals surface area contributed by atoms with Gasteiger partial charge in [-0.15, -0.1) is 0 Å². The van der Waals surface area contributed by atoms with E-state index in [4.69, 9.17) is 16.3 Å². The molecule has 0 aliphatic carbocycles. The largest absolute Gasteiger partial charge is 0.383 e. The lowest BCUT2D eigenvalue weighted by molar-refractivity contribution is 0.141. The minimum atomic E-state index is -3.58. The normalized spacial score (nSPS) is 13.0. The van der Waals surface area contributed by atoms with Gasteiger partial charge < -0.3 is 4.74 Å². The number of rotatable bonds is 5. The number of sulfonamides is 1. The van der Waals surface area contributed by atoms with E-state index in [2.05, 4.69) is 9.71 Å². The van der Waals surface area contributed by atoms with E-state index in [0.717, 1.165) is 11.3 Å². The molecule has 0 atom stereocenters. The van der Waals surface area contributed by atoms with Crippen molar-refractivity contribution in [2.45, 2.75) is 23.6 Å². The monoisotopic (exact) mass is 284 g/mol. The Bertz CT molecular complexity index is 456. The molecule has 5 nitrogen and oxygen atoms in total. The summed E-state index contributed by atoms with van der Waals surface area (Å²) in [6.07, 6.45) is 1.23. The van der Waals surface area contributed by atoms with E-state index >= 15 is 0 Å². The molecule has 0 saturated carbocycles. The lowest BCUT2D eigenvalue weighted by Gasteiger charge is -2.24. The molecule has 0 amide bonds. The highest BCUT2D eigenvalue weighted by Crippen LogP contribution is 2.23. The molecule has 0 fully saturated rings. The number of halogens is 1. The number of aromatic nitrogens is 1. The average Bonchev–Trinajstić information content (AvgIpc) is 2.49. The number of ether oxygens (including phenoxy) is 1. The van der Waals surface area contributed by atoms with Gasteiger partial charge in [0.15, 0.2) is 8.68 Å². The Morgan fingerprint density at radius 2 is 2.25 bits per heavy atom. The van der Waals surface area contributed by atoms with Crippen LogP contribution in [0.3, 0.4) is 0 Å². The summed E-state index contributed by atoms with van der Waals surface area (Å²) in [5, 5.41) is 0. The number of hydrogen-bond acceptors (Lipinski definition) is 5. The summed E-state index contributed by atoms with van der Waals surface area (Å²) in [6.45, 7) is 3.74. The maximum Gasteiger partial charge on any atom is 0.252 e. The molecular formula is C8H13ClN2O3S2. The molecule has 0 radical (unpaired) electrons. The molecule has 0 aliphatic rings. The van der Waals surface area contributed by atoms with Crippen LogP contribution in [0.5, 0.6) is 0 Å². The molecule has 1 aromatic heterocycles. The molecule has 16 heavy (non-hydrogen) atoms. The van der Waals surface area contributed by atoms with Crippen molar-refractivity contribution in [3.8, 4) is 0 Å². The van der Waals surface area contributed by atoms with Crippen LogP contribution in [0.15, 0.2) is 10.4 Å². The third kappa shape index (κ3) is 3.67. The smallest absolute Gasteiger partial charge is 0.252 e. The van der Waals surface area contributed by atoms with E-state index < -0.39 is 15.6 Å². The highest BCUT2D eigenvalue weighted by molar-refractivity contribution is 7.91. The van der Waals surface area contributed by atoms with E-state index in [0.29, 0.717) is 0 Å². The third-order valence-electron chi connectivity index (χ3n) is 1.64. The fourth-order valence-electron chi connectivity index (χ4n) is 1.17. The average molecular weight is 285 g/mol. The highest BCUT2D eigenvalue weighted by Gasteiger charge is 2.27. The van der Waals surface area contributed by atoms with E-state index in [-0.39, 0.29) is 15.3 Å². The van der Waals surface area contributed by atoms with Crippen molar-refractivity contribution in [2.75, 3.05) is 13.7 Å². The Labute approximate surface area is 104 Å². The molecule has 92 valence electrons. The molecule has 0 unspecified atom stereocenters. The first-order valence-corrected chi connectivity index (χ1v) is 7.09. The van der Waals surface area contributed by atoms with Crippen LogP contribution >= 0.6 is 22.9 Å². The predicted molar refractivity (Wildman–Crippen MR) is 63.4 cm³/mol. The van der Waals surface area contributed by atoms with Gasteiger partial charge in [0.05, 0.1) is 18.3 Å². The van der Waals surface area contributed by atoms with Gasteiger partial charge in [-0.1, -0.05) is 22.9 Å². The minimum absolute atomic E-state index is 0.0988. The molecule has 1 aromatic rings. The second kappa shape index (κ2) is 4.97. The maximum absolute atomic E-state index is 11.9. The van der Waals surface area contributed by atoms with E-state index in [1.54, 1.807) is 13.8 Å². The first-order valence-electron chi connectivity index (χ1n) is 4.41. The topological polar surface area (TPSA) is 68.3 Å². The van der Waals surface area contributed by atoms with Gasteiger partial charge in [-0.3, -0.25) is 0 Å². The van der Waals surface area contributed by atoms with Crippen LogP contribution in [-0.4, -0.2) is 32.7 Å². The van der Waals surface area contributed by atoms with Gasteiger partial charge in [-0.05, 0) is 13.8 Å². The van der Waals surface area contributed by atoms with Crippen LogP contribution in [0.2, 0.25) is 4.47 Å². The van der Waals surface area contributed by atoms with Gasteiger partial charge in [0.1, 0.15) is 0 Å². The molecule has 1 rings (SSSR count). The minimum Gasteiger partial charge on any atom is -0.383 e. The fourth-order valence-corrected chi connectivity index (χ4v) is 3.86. The van der Waals surface area contributed by atoms with Crippen molar-refractivity contribution in [3.63, 3.8) is 0 Å². The van der Waals surface area contributed by atoms with Crippen molar-refractivity contribution in [2.24, 2.45) is 0 Å². The zero-order valence-electron chi connectivity index (χ0n) is 9.15. The molecule has 0 spiro atoms. The third-order valence-corrected chi connectivity index (χ3v) is 4.91. The van der Waals surface area contributed by atoms with Crippen LogP contribution in [0, 0.1) is 0 Å². The van der Waals surface area contributed by atoms with E-state index in [1.165, 1.54) is 13.3 Å². The maximum atomic E-state index is 11.9. The zero-order valence-corrected chi connectivity index (χ0v) is 11.5. The van der Waals surface area contributed by atoms with Crippen LogP contribution in [0.4, 0.5) is 0 Å². The molecule has 0 aliphatic heterocycles. The Balaban J connectivity index is 2.88. The molecule has 1 N–H and O–H groups in total. The SMILES string of the molecule is COCC(C)(C)NS(=O)(=O)c1cnc(Cl)s1. The van der Waals surface area contributed by atoms with Crippen LogP contribution in [0.25, 0.3) is 0 Å². The first-order chi connectivity index (χ1) is 7.27. The summed E-state index contributed by atoms with van der Waals surface area (Å²) in [5.41, 5.74) is -0.677. The summed E-state index contributed by atoms with van der Waals surface area (Å²) in [5.74, 6) is 0. The van der Waals surface area contributed by atoms with Crippen molar-refractivity contribution in [3.05, 3.63) is 10.7 Å². The summed E-state index contributed by atoms with van der Waals surface area (Å²) < 4.78 is 31.5. The lowest BCUT2D eigenvalue weighted by atomic mass is 10.1. The summed E-state index contributed by atoms with van der Waals surface area (Å²) >= 11 is 6.51. The van der Waals surface area contributed by atoms with Gasteiger partial charge >= 0.3 is 0 Å². The number of nitrogens with zero attached hydrogens (tertiary/aromatic N) is 1. The Kier molecular flexibility index (Phi) is 4.30. The fraction of sp³-hybridized carbons (Fsp3) is 0.625.